The molecule has 0 amide bonds. The summed E-state index contributed by atoms with van der Waals surface area (Å²) in [7, 11) is -4.42. The van der Waals surface area contributed by atoms with E-state index in [-0.39, 0.29) is 13.2 Å². The SMILES string of the molecule is CC(C)CCCCCCCCCCOCCOCCOCCOCCOCCOCCOP(=O)(O)O. The normalized spacial score (nSPS) is 12.1. The highest BCUT2D eigenvalue weighted by Crippen LogP contribution is 2.35. The summed E-state index contributed by atoms with van der Waals surface area (Å²) in [5.41, 5.74) is 0. The van der Waals surface area contributed by atoms with Crippen LogP contribution in [0.15, 0.2) is 0 Å². The molecule has 0 unspecified atom stereocenters. The molecule has 0 saturated carbocycles. The van der Waals surface area contributed by atoms with Gasteiger partial charge in [0, 0.05) is 6.61 Å². The van der Waals surface area contributed by atoms with Crippen LogP contribution in [0.1, 0.15) is 71.6 Å². The molecule has 0 heterocycles. The number of unbranched alkanes of at least 4 members (excludes halogenated alkanes) is 7. The zero-order valence-electron chi connectivity index (χ0n) is 22.7. The number of hydrogen-bond acceptors (Lipinski definition) is 8. The average Bonchev–Trinajstić information content (AvgIpc) is 2.82. The Hall–Kier alpha value is -0.130. The van der Waals surface area contributed by atoms with Gasteiger partial charge in [0.2, 0.25) is 0 Å². The van der Waals surface area contributed by atoms with Crippen LogP contribution >= 0.6 is 7.82 Å². The molecule has 0 radical (unpaired) electrons. The van der Waals surface area contributed by atoms with Gasteiger partial charge in [-0.15, -0.1) is 0 Å². The Labute approximate surface area is 218 Å². The minimum absolute atomic E-state index is 0.0953. The standard InChI is InChI=1S/C25H53O10P/c1-25(2)11-9-7-5-3-4-6-8-10-12-29-13-14-30-15-16-31-17-18-32-19-20-33-21-22-34-23-24-35-36(26,27)28/h25H,3-24H2,1-2H3,(H2,26,27,28). The first-order chi connectivity index (χ1) is 17.4. The van der Waals surface area contributed by atoms with Gasteiger partial charge in [0.25, 0.3) is 0 Å². The van der Waals surface area contributed by atoms with E-state index in [0.29, 0.717) is 66.1 Å². The lowest BCUT2D eigenvalue weighted by Crippen LogP contribution is -2.14. The first-order valence-corrected chi connectivity index (χ1v) is 15.1. The Morgan fingerprint density at radius 1 is 0.472 bits per heavy atom. The van der Waals surface area contributed by atoms with Gasteiger partial charge in [-0.1, -0.05) is 65.2 Å². The third-order valence-corrected chi connectivity index (χ3v) is 5.69. The fourth-order valence-corrected chi connectivity index (χ4v) is 3.55. The highest BCUT2D eigenvalue weighted by Gasteiger charge is 2.12. The van der Waals surface area contributed by atoms with Crippen LogP contribution in [0, 0.1) is 5.92 Å². The molecule has 36 heavy (non-hydrogen) atoms. The Bertz CT molecular complexity index is 476. The van der Waals surface area contributed by atoms with Crippen molar-refractivity contribution in [1.29, 1.82) is 0 Å². The van der Waals surface area contributed by atoms with Crippen molar-refractivity contribution in [3.8, 4) is 0 Å². The maximum absolute atomic E-state index is 10.4. The Morgan fingerprint density at radius 3 is 1.14 bits per heavy atom. The predicted octanol–water partition coefficient (Wildman–Crippen LogP) is 4.36. The lowest BCUT2D eigenvalue weighted by molar-refractivity contribution is -0.0182. The summed E-state index contributed by atoms with van der Waals surface area (Å²) >= 11 is 0. The summed E-state index contributed by atoms with van der Waals surface area (Å²) < 4.78 is 47.1. The molecular weight excluding hydrogens is 491 g/mol. The minimum Gasteiger partial charge on any atom is -0.379 e. The van der Waals surface area contributed by atoms with Crippen molar-refractivity contribution in [3.63, 3.8) is 0 Å². The molecule has 11 heteroatoms. The molecule has 218 valence electrons. The van der Waals surface area contributed by atoms with E-state index in [4.69, 9.17) is 38.2 Å². The summed E-state index contributed by atoms with van der Waals surface area (Å²) in [6.45, 7) is 10.2. The van der Waals surface area contributed by atoms with Gasteiger partial charge in [0.15, 0.2) is 0 Å². The van der Waals surface area contributed by atoms with Gasteiger partial charge in [-0.2, -0.15) is 0 Å². The fourth-order valence-electron chi connectivity index (χ4n) is 3.23. The van der Waals surface area contributed by atoms with Gasteiger partial charge < -0.3 is 38.2 Å². The molecule has 0 fully saturated rings. The van der Waals surface area contributed by atoms with Crippen molar-refractivity contribution >= 4 is 7.82 Å². The molecule has 0 saturated heterocycles. The summed E-state index contributed by atoms with van der Waals surface area (Å²) in [5.74, 6) is 0.842. The van der Waals surface area contributed by atoms with Crippen LogP contribution in [0.4, 0.5) is 0 Å². The van der Waals surface area contributed by atoms with Crippen molar-refractivity contribution < 1.29 is 47.3 Å². The molecule has 0 aromatic rings. The van der Waals surface area contributed by atoms with Crippen molar-refractivity contribution in [2.24, 2.45) is 5.92 Å². The van der Waals surface area contributed by atoms with E-state index in [0.717, 1.165) is 18.9 Å². The van der Waals surface area contributed by atoms with Crippen molar-refractivity contribution in [2.75, 3.05) is 85.9 Å². The Kier molecular flexibility index (Phi) is 27.8. The average molecular weight is 545 g/mol. The van der Waals surface area contributed by atoms with Gasteiger partial charge in [0.05, 0.1) is 79.3 Å². The number of hydrogen-bond donors (Lipinski definition) is 2. The zero-order valence-corrected chi connectivity index (χ0v) is 23.6. The molecule has 0 bridgehead atoms. The highest BCUT2D eigenvalue weighted by molar-refractivity contribution is 7.46. The van der Waals surface area contributed by atoms with Crippen molar-refractivity contribution in [2.45, 2.75) is 71.6 Å². The van der Waals surface area contributed by atoms with Crippen LogP contribution in [0.2, 0.25) is 0 Å². The highest BCUT2D eigenvalue weighted by atomic mass is 31.2. The van der Waals surface area contributed by atoms with E-state index in [1.54, 1.807) is 0 Å². The molecule has 0 rings (SSSR count). The van der Waals surface area contributed by atoms with Crippen LogP contribution in [-0.4, -0.2) is 95.7 Å². The van der Waals surface area contributed by atoms with Gasteiger partial charge in [0.1, 0.15) is 0 Å². The fraction of sp³-hybridized carbons (Fsp3) is 1.00. The lowest BCUT2D eigenvalue weighted by atomic mass is 10.0. The maximum Gasteiger partial charge on any atom is 0.469 e. The van der Waals surface area contributed by atoms with Crippen LogP contribution < -0.4 is 0 Å². The smallest absolute Gasteiger partial charge is 0.379 e. The van der Waals surface area contributed by atoms with Gasteiger partial charge in [-0.05, 0) is 12.3 Å². The zero-order chi connectivity index (χ0) is 26.6. The van der Waals surface area contributed by atoms with Crippen LogP contribution in [0.25, 0.3) is 0 Å². The minimum atomic E-state index is -4.42. The molecule has 0 aliphatic heterocycles. The lowest BCUT2D eigenvalue weighted by Gasteiger charge is -2.08. The van der Waals surface area contributed by atoms with Crippen LogP contribution in [0.5, 0.6) is 0 Å². The molecule has 2 N–H and O–H groups in total. The number of rotatable bonds is 30. The molecule has 0 atom stereocenters. The maximum atomic E-state index is 10.4. The molecule has 0 spiro atoms. The predicted molar refractivity (Wildman–Crippen MR) is 139 cm³/mol. The second-order valence-electron chi connectivity index (χ2n) is 9.01. The molecule has 0 aliphatic rings. The Balaban J connectivity index is 3.05. The molecule has 0 aromatic carbocycles. The largest absolute Gasteiger partial charge is 0.469 e. The molecular formula is C25H53O10P. The van der Waals surface area contributed by atoms with E-state index in [1.807, 2.05) is 0 Å². The number of ether oxygens (including phenoxy) is 6. The van der Waals surface area contributed by atoms with Gasteiger partial charge in [-0.3, -0.25) is 4.52 Å². The molecule has 0 aliphatic carbocycles. The summed E-state index contributed by atoms with van der Waals surface area (Å²) in [5, 5.41) is 0. The third-order valence-electron chi connectivity index (χ3n) is 5.17. The second kappa shape index (κ2) is 27.9. The Morgan fingerprint density at radius 2 is 0.778 bits per heavy atom. The van der Waals surface area contributed by atoms with E-state index in [9.17, 15) is 4.57 Å². The monoisotopic (exact) mass is 544 g/mol. The summed E-state index contributed by atoms with van der Waals surface area (Å²) in [6, 6.07) is 0. The van der Waals surface area contributed by atoms with Crippen molar-refractivity contribution in [3.05, 3.63) is 0 Å². The number of phosphoric ester groups is 1. The summed E-state index contributed by atoms with van der Waals surface area (Å²) in [4.78, 5) is 17.0. The van der Waals surface area contributed by atoms with E-state index in [2.05, 4.69) is 18.4 Å². The second-order valence-corrected chi connectivity index (χ2v) is 10.2. The van der Waals surface area contributed by atoms with E-state index in [1.165, 1.54) is 51.4 Å². The molecule has 10 nitrogen and oxygen atoms in total. The third kappa shape index (κ3) is 33.9. The van der Waals surface area contributed by atoms with Gasteiger partial charge in [-0.25, -0.2) is 4.57 Å². The van der Waals surface area contributed by atoms with Crippen LogP contribution in [0.3, 0.4) is 0 Å². The van der Waals surface area contributed by atoms with Crippen molar-refractivity contribution in [1.82, 2.24) is 0 Å². The topological polar surface area (TPSA) is 122 Å². The summed E-state index contributed by atoms with van der Waals surface area (Å²) in [6.07, 6.45) is 11.9. The quantitative estimate of drug-likeness (QED) is 0.0996. The van der Waals surface area contributed by atoms with Crippen LogP contribution in [-0.2, 0) is 37.5 Å². The first-order valence-electron chi connectivity index (χ1n) is 13.6. The molecule has 0 aromatic heterocycles. The first kappa shape index (κ1) is 35.9. The van der Waals surface area contributed by atoms with Gasteiger partial charge >= 0.3 is 7.82 Å². The van der Waals surface area contributed by atoms with E-state index < -0.39 is 7.82 Å². The van der Waals surface area contributed by atoms with E-state index >= 15 is 0 Å². The number of phosphoric acid groups is 1.